The molecule has 0 saturated heterocycles. The molecule has 1 aromatic rings. The van der Waals surface area contributed by atoms with E-state index in [0.717, 1.165) is 30.9 Å². The largest absolute Gasteiger partial charge is 0.395 e. The van der Waals surface area contributed by atoms with Gasteiger partial charge in [0.1, 0.15) is 12.1 Å². The molecule has 0 atom stereocenters. The van der Waals surface area contributed by atoms with Gasteiger partial charge in [-0.05, 0) is 12.3 Å². The maximum Gasteiger partial charge on any atom is 0.132 e. The van der Waals surface area contributed by atoms with Crippen molar-refractivity contribution in [1.29, 1.82) is 0 Å². The maximum atomic E-state index is 9.09. The molecule has 1 N–H and O–H groups in total. The Hall–Kier alpha value is -1.16. The Morgan fingerprint density at radius 1 is 1.29 bits per heavy atom. The predicted molar refractivity (Wildman–Crippen MR) is 70.3 cm³/mol. The molecule has 0 unspecified atom stereocenters. The smallest absolute Gasteiger partial charge is 0.132 e. The van der Waals surface area contributed by atoms with Crippen molar-refractivity contribution in [3.05, 3.63) is 18.1 Å². The molecule has 4 heteroatoms. The van der Waals surface area contributed by atoms with Gasteiger partial charge in [0.05, 0.1) is 6.61 Å². The molecule has 0 saturated carbocycles. The van der Waals surface area contributed by atoms with E-state index in [2.05, 4.69) is 35.6 Å². The number of anilines is 1. The van der Waals surface area contributed by atoms with E-state index in [1.54, 1.807) is 6.33 Å². The van der Waals surface area contributed by atoms with Crippen molar-refractivity contribution in [3.63, 3.8) is 0 Å². The van der Waals surface area contributed by atoms with Crippen LogP contribution < -0.4 is 4.90 Å². The second-order valence-corrected chi connectivity index (χ2v) is 4.52. The summed E-state index contributed by atoms with van der Waals surface area (Å²) in [6.45, 7) is 8.13. The standard InChI is InChI=1S/C13H23N3O/c1-4-5-6-16(7-8-17)13-9-12(11(2)3)14-10-15-13/h9-11,17H,4-8H2,1-3H3. The normalized spacial score (nSPS) is 10.9. The highest BCUT2D eigenvalue weighted by molar-refractivity contribution is 5.39. The number of unbranched alkanes of at least 4 members (excludes halogenated alkanes) is 1. The first-order valence-electron chi connectivity index (χ1n) is 6.36. The van der Waals surface area contributed by atoms with Gasteiger partial charge in [-0.2, -0.15) is 0 Å². The highest BCUT2D eigenvalue weighted by atomic mass is 16.3. The lowest BCUT2D eigenvalue weighted by Gasteiger charge is -2.23. The Kier molecular flexibility index (Phi) is 5.91. The second-order valence-electron chi connectivity index (χ2n) is 4.52. The summed E-state index contributed by atoms with van der Waals surface area (Å²) < 4.78 is 0. The van der Waals surface area contributed by atoms with E-state index in [4.69, 9.17) is 5.11 Å². The van der Waals surface area contributed by atoms with Crippen molar-refractivity contribution in [1.82, 2.24) is 9.97 Å². The number of hydrogen-bond acceptors (Lipinski definition) is 4. The van der Waals surface area contributed by atoms with Crippen molar-refractivity contribution in [2.75, 3.05) is 24.6 Å². The molecule has 0 aromatic carbocycles. The van der Waals surface area contributed by atoms with Crippen LogP contribution in [0.1, 0.15) is 45.2 Å². The average Bonchev–Trinajstić information content (AvgIpc) is 2.34. The van der Waals surface area contributed by atoms with E-state index in [9.17, 15) is 0 Å². The molecule has 1 aromatic heterocycles. The van der Waals surface area contributed by atoms with Crippen LogP contribution in [0.2, 0.25) is 0 Å². The number of rotatable bonds is 7. The van der Waals surface area contributed by atoms with E-state index in [1.807, 2.05) is 6.07 Å². The summed E-state index contributed by atoms with van der Waals surface area (Å²) in [6, 6.07) is 2.02. The molecule has 4 nitrogen and oxygen atoms in total. The van der Waals surface area contributed by atoms with Crippen LogP contribution >= 0.6 is 0 Å². The Morgan fingerprint density at radius 3 is 2.65 bits per heavy atom. The van der Waals surface area contributed by atoms with Gasteiger partial charge in [0.25, 0.3) is 0 Å². The minimum absolute atomic E-state index is 0.157. The molecule has 0 fully saturated rings. The molecule has 0 aliphatic rings. The molecular formula is C13H23N3O. The lowest BCUT2D eigenvalue weighted by molar-refractivity contribution is 0.301. The summed E-state index contributed by atoms with van der Waals surface area (Å²) in [5.41, 5.74) is 1.05. The first kappa shape index (κ1) is 13.9. The Balaban J connectivity index is 2.81. The van der Waals surface area contributed by atoms with Gasteiger partial charge in [0.2, 0.25) is 0 Å². The average molecular weight is 237 g/mol. The van der Waals surface area contributed by atoms with Crippen molar-refractivity contribution in [3.8, 4) is 0 Å². The monoisotopic (exact) mass is 237 g/mol. The third kappa shape index (κ3) is 4.30. The summed E-state index contributed by atoms with van der Waals surface area (Å²) in [7, 11) is 0. The fourth-order valence-electron chi connectivity index (χ4n) is 1.66. The van der Waals surface area contributed by atoms with Crippen LogP contribution in [-0.2, 0) is 0 Å². The van der Waals surface area contributed by atoms with Crippen LogP contribution in [0.4, 0.5) is 5.82 Å². The van der Waals surface area contributed by atoms with Crippen LogP contribution in [0.5, 0.6) is 0 Å². The summed E-state index contributed by atoms with van der Waals surface area (Å²) in [5, 5.41) is 9.09. The molecule has 0 spiro atoms. The molecule has 0 radical (unpaired) electrons. The van der Waals surface area contributed by atoms with Crippen molar-refractivity contribution in [2.45, 2.75) is 39.5 Å². The minimum Gasteiger partial charge on any atom is -0.395 e. The number of aromatic nitrogens is 2. The van der Waals surface area contributed by atoms with Gasteiger partial charge >= 0.3 is 0 Å². The van der Waals surface area contributed by atoms with Crippen molar-refractivity contribution >= 4 is 5.82 Å². The third-order valence-electron chi connectivity index (χ3n) is 2.74. The summed E-state index contributed by atoms with van der Waals surface area (Å²) in [6.07, 6.45) is 3.87. The zero-order valence-corrected chi connectivity index (χ0v) is 11.1. The summed E-state index contributed by atoms with van der Waals surface area (Å²) in [4.78, 5) is 10.7. The van der Waals surface area contributed by atoms with Gasteiger partial charge in [0.15, 0.2) is 0 Å². The van der Waals surface area contributed by atoms with Gasteiger partial charge in [-0.15, -0.1) is 0 Å². The van der Waals surface area contributed by atoms with Crippen LogP contribution in [0, 0.1) is 0 Å². The topological polar surface area (TPSA) is 49.2 Å². The first-order chi connectivity index (χ1) is 8.19. The molecule has 96 valence electrons. The Labute approximate surface area is 104 Å². The number of hydrogen-bond donors (Lipinski definition) is 1. The predicted octanol–water partition coefficient (Wildman–Crippen LogP) is 2.20. The van der Waals surface area contributed by atoms with Gasteiger partial charge in [-0.3, -0.25) is 0 Å². The number of aliphatic hydroxyl groups is 1. The van der Waals surface area contributed by atoms with Crippen LogP contribution in [-0.4, -0.2) is 34.8 Å². The zero-order valence-electron chi connectivity index (χ0n) is 11.1. The molecule has 0 aliphatic heterocycles. The van der Waals surface area contributed by atoms with E-state index in [0.29, 0.717) is 12.5 Å². The SMILES string of the molecule is CCCCN(CCO)c1cc(C(C)C)ncn1. The molecule has 1 rings (SSSR count). The maximum absolute atomic E-state index is 9.09. The van der Waals surface area contributed by atoms with Gasteiger partial charge < -0.3 is 10.0 Å². The highest BCUT2D eigenvalue weighted by Gasteiger charge is 2.09. The fraction of sp³-hybridized carbons (Fsp3) is 0.692. The van der Waals surface area contributed by atoms with E-state index < -0.39 is 0 Å². The Morgan fingerprint density at radius 2 is 2.06 bits per heavy atom. The summed E-state index contributed by atoms with van der Waals surface area (Å²) >= 11 is 0. The van der Waals surface area contributed by atoms with Crippen molar-refractivity contribution < 1.29 is 5.11 Å². The molecule has 17 heavy (non-hydrogen) atoms. The molecule has 0 amide bonds. The second kappa shape index (κ2) is 7.22. The van der Waals surface area contributed by atoms with Gasteiger partial charge in [-0.1, -0.05) is 27.2 Å². The van der Waals surface area contributed by atoms with Gasteiger partial charge in [0, 0.05) is 24.8 Å². The third-order valence-corrected chi connectivity index (χ3v) is 2.74. The molecule has 0 bridgehead atoms. The first-order valence-corrected chi connectivity index (χ1v) is 6.36. The summed E-state index contributed by atoms with van der Waals surface area (Å²) in [5.74, 6) is 1.32. The highest BCUT2D eigenvalue weighted by Crippen LogP contribution is 2.17. The zero-order chi connectivity index (χ0) is 12.7. The van der Waals surface area contributed by atoms with Crippen molar-refractivity contribution in [2.24, 2.45) is 0 Å². The van der Waals surface area contributed by atoms with Crippen LogP contribution in [0.15, 0.2) is 12.4 Å². The molecular weight excluding hydrogens is 214 g/mol. The van der Waals surface area contributed by atoms with Crippen LogP contribution in [0.25, 0.3) is 0 Å². The number of nitrogens with zero attached hydrogens (tertiary/aromatic N) is 3. The lowest BCUT2D eigenvalue weighted by Crippen LogP contribution is -2.28. The van der Waals surface area contributed by atoms with E-state index >= 15 is 0 Å². The lowest BCUT2D eigenvalue weighted by atomic mass is 10.1. The van der Waals surface area contributed by atoms with E-state index in [1.165, 1.54) is 0 Å². The number of aliphatic hydroxyl groups excluding tert-OH is 1. The van der Waals surface area contributed by atoms with E-state index in [-0.39, 0.29) is 6.61 Å². The minimum atomic E-state index is 0.157. The fourth-order valence-corrected chi connectivity index (χ4v) is 1.66. The van der Waals surface area contributed by atoms with Crippen LogP contribution in [0.3, 0.4) is 0 Å². The Bertz CT molecular complexity index is 328. The molecule has 1 heterocycles. The molecule has 0 aliphatic carbocycles. The quantitative estimate of drug-likeness (QED) is 0.790. The van der Waals surface area contributed by atoms with Gasteiger partial charge in [-0.25, -0.2) is 9.97 Å².